The summed E-state index contributed by atoms with van der Waals surface area (Å²) in [5, 5.41) is 5.41. The molecule has 0 aliphatic rings. The molecule has 0 fully saturated rings. The first kappa shape index (κ1) is 32.7. The Bertz CT molecular complexity index is 3230. The van der Waals surface area contributed by atoms with Crippen LogP contribution >= 0.6 is 0 Å². The molecule has 0 aliphatic heterocycles. The molecule has 266 valence electrons. The van der Waals surface area contributed by atoms with E-state index in [0.29, 0.717) is 17.5 Å². The van der Waals surface area contributed by atoms with E-state index in [4.69, 9.17) is 24.4 Å². The number of nitrogens with zero attached hydrogens (tertiary/aromatic N) is 4. The number of aromatic nitrogens is 4. The fourth-order valence-corrected chi connectivity index (χ4v) is 7.92. The van der Waals surface area contributed by atoms with Crippen molar-refractivity contribution in [3.8, 4) is 67.7 Å². The third kappa shape index (κ3) is 5.81. The van der Waals surface area contributed by atoms with Crippen molar-refractivity contribution < 1.29 is 4.42 Å². The summed E-state index contributed by atoms with van der Waals surface area (Å²) in [6, 6.07) is 66.9. The van der Waals surface area contributed by atoms with Gasteiger partial charge < -0.3 is 4.42 Å². The van der Waals surface area contributed by atoms with Crippen LogP contribution in [-0.4, -0.2) is 19.9 Å². The molecule has 11 rings (SSSR count). The molecule has 3 heterocycles. The van der Waals surface area contributed by atoms with Gasteiger partial charge in [-0.1, -0.05) is 158 Å². The second kappa shape index (κ2) is 13.5. The van der Waals surface area contributed by atoms with Crippen molar-refractivity contribution in [3.63, 3.8) is 0 Å². The number of furan rings is 1. The van der Waals surface area contributed by atoms with E-state index in [0.717, 1.165) is 93.8 Å². The summed E-state index contributed by atoms with van der Waals surface area (Å²) in [5.74, 6) is 1.91. The van der Waals surface area contributed by atoms with E-state index in [1.807, 2.05) is 72.8 Å². The zero-order valence-corrected chi connectivity index (χ0v) is 30.7. The van der Waals surface area contributed by atoms with Gasteiger partial charge in [0.1, 0.15) is 11.2 Å². The fraction of sp³-hybridized carbons (Fsp3) is 0. The Morgan fingerprint density at radius 1 is 0.298 bits per heavy atom. The van der Waals surface area contributed by atoms with E-state index in [2.05, 4.69) is 121 Å². The van der Waals surface area contributed by atoms with Crippen molar-refractivity contribution in [1.82, 2.24) is 19.9 Å². The van der Waals surface area contributed by atoms with Gasteiger partial charge in [0, 0.05) is 49.2 Å². The SMILES string of the molecule is c1ccc(-c2nc(-c3ccccc3)nc(-c3cccc(-c4cccc(-c5ccc6oc7c(ccc8c(-c9ccccc9)nc9ccccc9c87)c6c5)c4)c3)n2)cc1. The molecular weight excluding hydrogens is 697 g/mol. The molecule has 0 unspecified atom stereocenters. The molecule has 0 aliphatic carbocycles. The van der Waals surface area contributed by atoms with Gasteiger partial charge in [0.25, 0.3) is 0 Å². The normalized spacial score (nSPS) is 11.5. The summed E-state index contributed by atoms with van der Waals surface area (Å²) in [7, 11) is 0. The maximum absolute atomic E-state index is 6.73. The van der Waals surface area contributed by atoms with Gasteiger partial charge in [0.2, 0.25) is 0 Å². The van der Waals surface area contributed by atoms with Gasteiger partial charge >= 0.3 is 0 Å². The van der Waals surface area contributed by atoms with Crippen molar-refractivity contribution in [2.75, 3.05) is 0 Å². The summed E-state index contributed by atoms with van der Waals surface area (Å²) < 4.78 is 6.73. The van der Waals surface area contributed by atoms with Crippen LogP contribution in [0.5, 0.6) is 0 Å². The highest BCUT2D eigenvalue weighted by Gasteiger charge is 2.18. The molecule has 0 N–H and O–H groups in total. The van der Waals surface area contributed by atoms with E-state index >= 15 is 0 Å². The zero-order chi connectivity index (χ0) is 37.7. The summed E-state index contributed by atoms with van der Waals surface area (Å²) in [4.78, 5) is 19.9. The Morgan fingerprint density at radius 3 is 1.44 bits per heavy atom. The van der Waals surface area contributed by atoms with Crippen LogP contribution in [0.4, 0.5) is 0 Å². The maximum Gasteiger partial charge on any atom is 0.164 e. The number of hydrogen-bond acceptors (Lipinski definition) is 5. The standard InChI is InChI=1S/C52H32N4O/c1-4-14-33(15-5-1)48-43-28-27-41-44-32-39(26-29-46(44)57-49(41)47(43)42-24-10-11-25-45(42)53-48)37-21-12-20-36(30-37)38-22-13-23-40(31-38)52-55-50(34-16-6-2-7-17-34)54-51(56-52)35-18-8-3-9-19-35/h1-32H. The van der Waals surface area contributed by atoms with Crippen LogP contribution in [-0.2, 0) is 0 Å². The minimum atomic E-state index is 0.630. The average Bonchev–Trinajstić information content (AvgIpc) is 3.68. The summed E-state index contributed by atoms with van der Waals surface area (Å²) in [6.45, 7) is 0. The Hall–Kier alpha value is -7.76. The lowest BCUT2D eigenvalue weighted by molar-refractivity contribution is 0.673. The summed E-state index contributed by atoms with van der Waals surface area (Å²) in [5.41, 5.74) is 11.9. The van der Waals surface area contributed by atoms with Gasteiger partial charge in [0.05, 0.1) is 11.2 Å². The molecule has 0 amide bonds. The number of hydrogen-bond donors (Lipinski definition) is 0. The lowest BCUT2D eigenvalue weighted by Crippen LogP contribution is -2.00. The summed E-state index contributed by atoms with van der Waals surface area (Å²) in [6.07, 6.45) is 0. The van der Waals surface area contributed by atoms with Crippen LogP contribution in [0.15, 0.2) is 199 Å². The Labute approximate surface area is 328 Å². The second-order valence-electron chi connectivity index (χ2n) is 14.2. The molecule has 5 nitrogen and oxygen atoms in total. The average molecular weight is 729 g/mol. The highest BCUT2D eigenvalue weighted by atomic mass is 16.3. The molecule has 11 aromatic rings. The monoisotopic (exact) mass is 728 g/mol. The molecule has 3 aromatic heterocycles. The lowest BCUT2D eigenvalue weighted by Gasteiger charge is -2.10. The number of fused-ring (bicyclic) bond motifs is 7. The molecule has 8 aromatic carbocycles. The van der Waals surface area contributed by atoms with Crippen molar-refractivity contribution >= 4 is 43.6 Å². The molecule has 0 spiro atoms. The van der Waals surface area contributed by atoms with Crippen molar-refractivity contribution in [2.24, 2.45) is 0 Å². The predicted octanol–water partition coefficient (Wildman–Crippen LogP) is 13.5. The van der Waals surface area contributed by atoms with Gasteiger partial charge in [-0.2, -0.15) is 0 Å². The van der Waals surface area contributed by atoms with Gasteiger partial charge in [-0.25, -0.2) is 19.9 Å². The highest BCUT2D eigenvalue weighted by molar-refractivity contribution is 6.24. The topological polar surface area (TPSA) is 64.7 Å². The van der Waals surface area contributed by atoms with Crippen molar-refractivity contribution in [3.05, 3.63) is 194 Å². The second-order valence-corrected chi connectivity index (χ2v) is 14.2. The van der Waals surface area contributed by atoms with Gasteiger partial charge in [-0.3, -0.25) is 0 Å². The summed E-state index contributed by atoms with van der Waals surface area (Å²) >= 11 is 0. The van der Waals surface area contributed by atoms with Crippen LogP contribution < -0.4 is 0 Å². The van der Waals surface area contributed by atoms with E-state index in [1.54, 1.807) is 0 Å². The maximum atomic E-state index is 6.73. The highest BCUT2D eigenvalue weighted by Crippen LogP contribution is 2.42. The van der Waals surface area contributed by atoms with Crippen LogP contribution in [0.2, 0.25) is 0 Å². The number of pyridine rings is 1. The largest absolute Gasteiger partial charge is 0.455 e. The van der Waals surface area contributed by atoms with E-state index < -0.39 is 0 Å². The molecule has 0 saturated carbocycles. The van der Waals surface area contributed by atoms with Crippen molar-refractivity contribution in [2.45, 2.75) is 0 Å². The number of para-hydroxylation sites is 1. The van der Waals surface area contributed by atoms with Gasteiger partial charge in [0.15, 0.2) is 17.5 Å². The lowest BCUT2D eigenvalue weighted by atomic mass is 9.96. The Morgan fingerprint density at radius 2 is 0.789 bits per heavy atom. The molecule has 0 saturated heterocycles. The van der Waals surface area contributed by atoms with Crippen LogP contribution in [0, 0.1) is 0 Å². The first-order chi connectivity index (χ1) is 28.2. The molecule has 0 bridgehead atoms. The van der Waals surface area contributed by atoms with E-state index in [1.165, 1.54) is 0 Å². The van der Waals surface area contributed by atoms with Crippen LogP contribution in [0.3, 0.4) is 0 Å². The van der Waals surface area contributed by atoms with Gasteiger partial charge in [-0.05, 0) is 58.7 Å². The minimum Gasteiger partial charge on any atom is -0.455 e. The number of benzene rings is 8. The minimum absolute atomic E-state index is 0.630. The van der Waals surface area contributed by atoms with Crippen LogP contribution in [0.25, 0.3) is 111 Å². The number of rotatable bonds is 6. The fourth-order valence-electron chi connectivity index (χ4n) is 7.92. The van der Waals surface area contributed by atoms with E-state index in [-0.39, 0.29) is 0 Å². The molecule has 0 radical (unpaired) electrons. The molecule has 5 heteroatoms. The van der Waals surface area contributed by atoms with E-state index in [9.17, 15) is 0 Å². The Balaban J connectivity index is 1.00. The predicted molar refractivity (Wildman–Crippen MR) is 233 cm³/mol. The smallest absolute Gasteiger partial charge is 0.164 e. The first-order valence-corrected chi connectivity index (χ1v) is 19.0. The Kier molecular flexibility index (Phi) is 7.74. The third-order valence-corrected chi connectivity index (χ3v) is 10.7. The van der Waals surface area contributed by atoms with Crippen molar-refractivity contribution in [1.29, 1.82) is 0 Å². The first-order valence-electron chi connectivity index (χ1n) is 19.0. The zero-order valence-electron chi connectivity index (χ0n) is 30.7. The quantitative estimate of drug-likeness (QED) is 0.160. The van der Waals surface area contributed by atoms with Gasteiger partial charge in [-0.15, -0.1) is 0 Å². The molecule has 0 atom stereocenters. The third-order valence-electron chi connectivity index (χ3n) is 10.7. The molecule has 57 heavy (non-hydrogen) atoms. The molecular formula is C52H32N4O. The van der Waals surface area contributed by atoms with Crippen LogP contribution in [0.1, 0.15) is 0 Å².